The summed E-state index contributed by atoms with van der Waals surface area (Å²) in [5.41, 5.74) is 9.20. The molecule has 0 aliphatic carbocycles. The maximum absolute atomic E-state index is 9.67. The second-order valence-electron chi connectivity index (χ2n) is 12.7. The molecule has 0 atom stereocenters. The Balaban J connectivity index is 1.19. The molecule has 0 saturated carbocycles. The normalized spacial score (nSPS) is 12.0. The molecule has 0 N–H and O–H groups in total. The number of nitrogens with zero attached hydrogens (tertiary/aromatic N) is 4. The van der Waals surface area contributed by atoms with Crippen LogP contribution in [-0.4, -0.2) is 9.13 Å². The van der Waals surface area contributed by atoms with Gasteiger partial charge in [0.1, 0.15) is 11.2 Å². The second kappa shape index (κ2) is 9.84. The number of fused-ring (bicyclic) bond motifs is 13. The number of rotatable bonds is 2. The van der Waals surface area contributed by atoms with Crippen molar-refractivity contribution in [2.45, 2.75) is 0 Å². The lowest BCUT2D eigenvalue weighted by molar-refractivity contribution is 0.669. The van der Waals surface area contributed by atoms with E-state index in [1.807, 2.05) is 53.8 Å². The van der Waals surface area contributed by atoms with E-state index in [4.69, 9.17) is 11.0 Å². The zero-order valence-corrected chi connectivity index (χ0v) is 27.1. The third-order valence-electron chi connectivity index (χ3n) is 10.1. The van der Waals surface area contributed by atoms with E-state index in [0.29, 0.717) is 11.3 Å². The zero-order chi connectivity index (χ0) is 33.1. The summed E-state index contributed by atoms with van der Waals surface area (Å²) in [4.78, 5) is 3.68. The molecule has 0 bridgehead atoms. The van der Waals surface area contributed by atoms with Gasteiger partial charge in [0, 0.05) is 58.5 Å². The van der Waals surface area contributed by atoms with Crippen LogP contribution in [-0.2, 0) is 0 Å². The van der Waals surface area contributed by atoms with Gasteiger partial charge in [-0.2, -0.15) is 5.26 Å². The summed E-state index contributed by atoms with van der Waals surface area (Å²) < 4.78 is 13.6. The van der Waals surface area contributed by atoms with Crippen LogP contribution in [0.25, 0.3) is 102 Å². The molecule has 11 rings (SSSR count). The molecular weight excluding hydrogens is 633 g/mol. The summed E-state index contributed by atoms with van der Waals surface area (Å²) in [5, 5.41) is 18.6. The fourth-order valence-electron chi connectivity index (χ4n) is 7.99. The topological polar surface area (TPSA) is 51.1 Å². The molecule has 11 aromatic rings. The van der Waals surface area contributed by atoms with Gasteiger partial charge < -0.3 is 13.6 Å². The first-order valence-electron chi connectivity index (χ1n) is 16.3. The number of furan rings is 1. The Bertz CT molecular complexity index is 3290. The van der Waals surface area contributed by atoms with Crippen LogP contribution in [0.5, 0.6) is 0 Å². The molecule has 4 aromatic heterocycles. The SMILES string of the molecule is [C-]#[N+]c1ccc2c(c1)c1cc(C#N)ccc1n2-c1ccc2oc3ccc(-n4c5ccccc5c5ccc6sc7ccccc7c6c54)cc3c2c1. The van der Waals surface area contributed by atoms with Crippen molar-refractivity contribution in [3.05, 3.63) is 150 Å². The number of hydrogen-bond donors (Lipinski definition) is 0. The Hall–Kier alpha value is -6.86. The highest BCUT2D eigenvalue weighted by molar-refractivity contribution is 7.26. The molecule has 0 saturated heterocycles. The minimum Gasteiger partial charge on any atom is -0.456 e. The molecule has 0 aliphatic rings. The molecular formula is C44H22N4OS. The molecule has 0 amide bonds. The van der Waals surface area contributed by atoms with Gasteiger partial charge in [-0.25, -0.2) is 4.85 Å². The highest BCUT2D eigenvalue weighted by Crippen LogP contribution is 2.44. The summed E-state index contributed by atoms with van der Waals surface area (Å²) >= 11 is 1.84. The zero-order valence-electron chi connectivity index (χ0n) is 26.3. The van der Waals surface area contributed by atoms with Gasteiger partial charge in [0.05, 0.1) is 40.3 Å². The van der Waals surface area contributed by atoms with Gasteiger partial charge in [0.15, 0.2) is 5.69 Å². The van der Waals surface area contributed by atoms with Gasteiger partial charge in [-0.15, -0.1) is 11.3 Å². The van der Waals surface area contributed by atoms with Crippen LogP contribution >= 0.6 is 11.3 Å². The van der Waals surface area contributed by atoms with Gasteiger partial charge in [0.2, 0.25) is 0 Å². The molecule has 0 fully saturated rings. The second-order valence-corrected chi connectivity index (χ2v) is 13.8. The predicted molar refractivity (Wildman–Crippen MR) is 206 cm³/mol. The maximum atomic E-state index is 9.67. The predicted octanol–water partition coefficient (Wildman–Crippen LogP) is 12.6. The first kappa shape index (κ1) is 27.1. The van der Waals surface area contributed by atoms with Crippen molar-refractivity contribution in [1.82, 2.24) is 9.13 Å². The van der Waals surface area contributed by atoms with Gasteiger partial charge in [-0.05, 0) is 90.3 Å². The van der Waals surface area contributed by atoms with Crippen LogP contribution in [0.2, 0.25) is 0 Å². The van der Waals surface area contributed by atoms with Crippen molar-refractivity contribution < 1.29 is 4.42 Å². The van der Waals surface area contributed by atoms with E-state index < -0.39 is 0 Å². The van der Waals surface area contributed by atoms with Gasteiger partial charge in [-0.3, -0.25) is 0 Å². The summed E-state index contributed by atoms with van der Waals surface area (Å²) in [7, 11) is 0. The third kappa shape index (κ3) is 3.58. The average Bonchev–Trinajstić information content (AvgIpc) is 3.91. The van der Waals surface area contributed by atoms with Crippen molar-refractivity contribution in [1.29, 1.82) is 5.26 Å². The van der Waals surface area contributed by atoms with Crippen LogP contribution in [0.4, 0.5) is 5.69 Å². The number of aromatic nitrogens is 2. The fourth-order valence-corrected chi connectivity index (χ4v) is 9.10. The van der Waals surface area contributed by atoms with Crippen molar-refractivity contribution >= 4 is 103 Å². The molecule has 0 spiro atoms. The maximum Gasteiger partial charge on any atom is 0.188 e. The van der Waals surface area contributed by atoms with Crippen LogP contribution < -0.4 is 0 Å². The summed E-state index contributed by atoms with van der Waals surface area (Å²) in [5.74, 6) is 0. The lowest BCUT2D eigenvalue weighted by Gasteiger charge is -2.10. The van der Waals surface area contributed by atoms with Crippen LogP contribution in [0.15, 0.2) is 138 Å². The van der Waals surface area contributed by atoms with Crippen LogP contribution in [0.3, 0.4) is 0 Å². The highest BCUT2D eigenvalue weighted by Gasteiger charge is 2.20. The molecule has 0 aliphatic heterocycles. The molecule has 6 heteroatoms. The standard InChI is InChI=1S/C44H22N4OS/c1-46-26-11-16-38-33(21-26)32-20-25(24-45)10-15-37(32)47(38)27-12-17-39-34(22-27)35-23-28(13-18-40(35)49-39)48-36-8-4-2-6-29(36)30-14-19-42-43(44(30)48)31-7-3-5-9-41(31)50-42/h2-23H. The Morgan fingerprint density at radius 1 is 0.560 bits per heavy atom. The Morgan fingerprint density at radius 2 is 1.24 bits per heavy atom. The van der Waals surface area contributed by atoms with E-state index in [9.17, 15) is 5.26 Å². The number of para-hydroxylation sites is 1. The average molecular weight is 655 g/mol. The number of benzene rings is 7. The molecule has 0 radical (unpaired) electrons. The number of thiophene rings is 1. The lowest BCUT2D eigenvalue weighted by atomic mass is 10.1. The first-order chi connectivity index (χ1) is 24.7. The van der Waals surface area contributed by atoms with Gasteiger partial charge in [-0.1, -0.05) is 48.5 Å². The molecule has 230 valence electrons. The van der Waals surface area contributed by atoms with Crippen molar-refractivity contribution in [3.63, 3.8) is 0 Å². The molecule has 50 heavy (non-hydrogen) atoms. The van der Waals surface area contributed by atoms with E-state index >= 15 is 0 Å². The van der Waals surface area contributed by atoms with Crippen molar-refractivity contribution in [2.24, 2.45) is 0 Å². The van der Waals surface area contributed by atoms with E-state index in [0.717, 1.165) is 55.1 Å². The van der Waals surface area contributed by atoms with Crippen molar-refractivity contribution in [3.8, 4) is 17.4 Å². The smallest absolute Gasteiger partial charge is 0.188 e. The quantitative estimate of drug-likeness (QED) is 0.174. The monoisotopic (exact) mass is 654 g/mol. The van der Waals surface area contributed by atoms with E-state index in [2.05, 4.69) is 111 Å². The molecule has 7 aromatic carbocycles. The highest BCUT2D eigenvalue weighted by atomic mass is 32.1. The minimum absolute atomic E-state index is 0.570. The lowest BCUT2D eigenvalue weighted by Crippen LogP contribution is -1.94. The summed E-state index contributed by atoms with van der Waals surface area (Å²) in [6.45, 7) is 7.60. The molecule has 0 unspecified atom stereocenters. The Morgan fingerprint density at radius 3 is 2.02 bits per heavy atom. The summed E-state index contributed by atoms with van der Waals surface area (Å²) in [6, 6.07) is 48.6. The molecule has 5 nitrogen and oxygen atoms in total. The van der Waals surface area contributed by atoms with Crippen LogP contribution in [0.1, 0.15) is 5.56 Å². The Kier molecular flexibility index (Phi) is 5.34. The summed E-state index contributed by atoms with van der Waals surface area (Å²) in [6.07, 6.45) is 0. The fraction of sp³-hybridized carbons (Fsp3) is 0. The Labute approximate surface area is 288 Å². The van der Waals surface area contributed by atoms with E-state index in [-0.39, 0.29) is 0 Å². The molecule has 4 heterocycles. The minimum atomic E-state index is 0.570. The third-order valence-corrected chi connectivity index (χ3v) is 11.3. The van der Waals surface area contributed by atoms with Gasteiger partial charge >= 0.3 is 0 Å². The number of nitriles is 1. The van der Waals surface area contributed by atoms with E-state index in [1.54, 1.807) is 0 Å². The van der Waals surface area contributed by atoms with Gasteiger partial charge in [0.25, 0.3) is 0 Å². The largest absolute Gasteiger partial charge is 0.456 e. The van der Waals surface area contributed by atoms with E-state index in [1.165, 1.54) is 42.0 Å². The number of hydrogen-bond acceptors (Lipinski definition) is 3. The first-order valence-corrected chi connectivity index (χ1v) is 17.2. The van der Waals surface area contributed by atoms with Crippen LogP contribution in [0, 0.1) is 17.9 Å². The van der Waals surface area contributed by atoms with Crippen molar-refractivity contribution in [2.75, 3.05) is 0 Å².